The number of aryl methyl sites for hydroxylation is 1. The molecule has 0 fully saturated rings. The van der Waals surface area contributed by atoms with Gasteiger partial charge in [0.05, 0.1) is 23.4 Å². The van der Waals surface area contributed by atoms with E-state index in [1.165, 1.54) is 6.20 Å². The fourth-order valence-corrected chi connectivity index (χ4v) is 2.80. The Kier molecular flexibility index (Phi) is 6.24. The van der Waals surface area contributed by atoms with Crippen molar-refractivity contribution in [1.29, 1.82) is 0 Å². The molecule has 0 unspecified atom stereocenters. The third-order valence-corrected chi connectivity index (χ3v) is 4.56. The molecule has 6 heteroatoms. The minimum Gasteiger partial charge on any atom is -0.462 e. The highest BCUT2D eigenvalue weighted by Gasteiger charge is 2.13. The molecule has 3 aromatic rings. The quantitative estimate of drug-likeness (QED) is 0.588. The number of ether oxygens (including phenoxy) is 1. The van der Waals surface area contributed by atoms with Crippen LogP contribution in [0.4, 0.5) is 17.2 Å². The molecule has 0 aliphatic carbocycles. The van der Waals surface area contributed by atoms with Gasteiger partial charge in [-0.2, -0.15) is 0 Å². The van der Waals surface area contributed by atoms with Crippen molar-refractivity contribution in [3.63, 3.8) is 0 Å². The number of hydrogen-bond donors (Lipinski definition) is 2. The maximum Gasteiger partial charge on any atom is 0.340 e. The van der Waals surface area contributed by atoms with Crippen molar-refractivity contribution in [2.24, 2.45) is 0 Å². The van der Waals surface area contributed by atoms with Gasteiger partial charge < -0.3 is 15.4 Å². The molecule has 0 saturated carbocycles. The van der Waals surface area contributed by atoms with Crippen molar-refractivity contribution in [1.82, 2.24) is 4.98 Å². The Labute approximate surface area is 169 Å². The summed E-state index contributed by atoms with van der Waals surface area (Å²) in [6.07, 6.45) is 1.50. The molecular formula is C23H23N3O3. The Bertz CT molecular complexity index is 1030. The van der Waals surface area contributed by atoms with Gasteiger partial charge in [0.15, 0.2) is 0 Å². The molecule has 3 rings (SSSR count). The standard InChI is InChI=1S/C23H23N3O3/c1-4-29-23(28)18-9-5-6-10-20(18)25-21-13-12-17(14-24-21)22(27)26-19-11-7-8-15(2)16(19)3/h5-14H,4H2,1-3H3,(H,24,25)(H,26,27). The molecule has 0 spiro atoms. The van der Waals surface area contributed by atoms with E-state index in [1.54, 1.807) is 37.3 Å². The van der Waals surface area contributed by atoms with Gasteiger partial charge in [-0.15, -0.1) is 0 Å². The van der Waals surface area contributed by atoms with E-state index in [0.29, 0.717) is 29.2 Å². The van der Waals surface area contributed by atoms with E-state index < -0.39 is 5.97 Å². The number of nitrogens with zero attached hydrogens (tertiary/aromatic N) is 1. The second-order valence-electron chi connectivity index (χ2n) is 6.52. The molecular weight excluding hydrogens is 366 g/mol. The topological polar surface area (TPSA) is 80.3 Å². The van der Waals surface area contributed by atoms with Gasteiger partial charge in [0, 0.05) is 11.9 Å². The van der Waals surface area contributed by atoms with Gasteiger partial charge >= 0.3 is 5.97 Å². The largest absolute Gasteiger partial charge is 0.462 e. The SMILES string of the molecule is CCOC(=O)c1ccccc1Nc1ccc(C(=O)Nc2cccc(C)c2C)cn1. The molecule has 6 nitrogen and oxygen atoms in total. The molecule has 1 aromatic heterocycles. The lowest BCUT2D eigenvalue weighted by Gasteiger charge is -2.12. The number of carbonyl (C=O) groups is 2. The summed E-state index contributed by atoms with van der Waals surface area (Å²) in [6.45, 7) is 6.03. The van der Waals surface area contributed by atoms with Crippen molar-refractivity contribution < 1.29 is 14.3 Å². The number of pyridine rings is 1. The zero-order valence-electron chi connectivity index (χ0n) is 16.7. The number of rotatable bonds is 6. The van der Waals surface area contributed by atoms with Gasteiger partial charge in [0.25, 0.3) is 5.91 Å². The second-order valence-corrected chi connectivity index (χ2v) is 6.52. The van der Waals surface area contributed by atoms with Gasteiger partial charge in [-0.25, -0.2) is 9.78 Å². The number of aromatic nitrogens is 1. The average molecular weight is 389 g/mol. The molecule has 0 radical (unpaired) electrons. The zero-order chi connectivity index (χ0) is 20.8. The zero-order valence-corrected chi connectivity index (χ0v) is 16.7. The highest BCUT2D eigenvalue weighted by molar-refractivity contribution is 6.04. The van der Waals surface area contributed by atoms with Crippen LogP contribution in [-0.2, 0) is 4.74 Å². The first-order valence-corrected chi connectivity index (χ1v) is 9.36. The molecule has 1 amide bonds. The van der Waals surface area contributed by atoms with Crippen LogP contribution >= 0.6 is 0 Å². The Morgan fingerprint density at radius 1 is 0.966 bits per heavy atom. The van der Waals surface area contributed by atoms with E-state index >= 15 is 0 Å². The van der Waals surface area contributed by atoms with Crippen molar-refractivity contribution >= 4 is 29.1 Å². The number of benzene rings is 2. The predicted octanol–water partition coefficient (Wildman–Crippen LogP) is 4.87. The van der Waals surface area contributed by atoms with E-state index in [4.69, 9.17) is 4.74 Å². The summed E-state index contributed by atoms with van der Waals surface area (Å²) >= 11 is 0. The van der Waals surface area contributed by atoms with Gasteiger partial charge in [0.2, 0.25) is 0 Å². The van der Waals surface area contributed by atoms with Crippen LogP contribution in [0, 0.1) is 13.8 Å². The number of hydrogen-bond acceptors (Lipinski definition) is 5. The number of para-hydroxylation sites is 1. The van der Waals surface area contributed by atoms with Gasteiger partial charge in [0.1, 0.15) is 5.82 Å². The Hall–Kier alpha value is -3.67. The molecule has 0 saturated heterocycles. The van der Waals surface area contributed by atoms with E-state index in [1.807, 2.05) is 38.1 Å². The molecule has 1 heterocycles. The summed E-state index contributed by atoms with van der Waals surface area (Å²) in [6, 6.07) is 16.2. The normalized spacial score (nSPS) is 10.3. The molecule has 148 valence electrons. The summed E-state index contributed by atoms with van der Waals surface area (Å²) in [5.41, 5.74) is 4.37. The number of nitrogens with one attached hydrogen (secondary N) is 2. The summed E-state index contributed by atoms with van der Waals surface area (Å²) in [5.74, 6) is -0.116. The molecule has 2 N–H and O–H groups in total. The second kappa shape index (κ2) is 9.01. The minimum absolute atomic E-state index is 0.232. The highest BCUT2D eigenvalue weighted by Crippen LogP contribution is 2.22. The number of anilines is 3. The monoisotopic (exact) mass is 389 g/mol. The summed E-state index contributed by atoms with van der Waals surface area (Å²) in [7, 11) is 0. The molecule has 29 heavy (non-hydrogen) atoms. The van der Waals surface area contributed by atoms with E-state index in [-0.39, 0.29) is 5.91 Å². The van der Waals surface area contributed by atoms with Crippen molar-refractivity contribution in [2.45, 2.75) is 20.8 Å². The first kappa shape index (κ1) is 20.1. The third kappa shape index (κ3) is 4.79. The molecule has 2 aromatic carbocycles. The van der Waals surface area contributed by atoms with E-state index in [2.05, 4.69) is 15.6 Å². The third-order valence-electron chi connectivity index (χ3n) is 4.56. The highest BCUT2D eigenvalue weighted by atomic mass is 16.5. The Morgan fingerprint density at radius 2 is 1.72 bits per heavy atom. The van der Waals surface area contributed by atoms with E-state index in [9.17, 15) is 9.59 Å². The van der Waals surface area contributed by atoms with E-state index in [0.717, 1.165) is 16.8 Å². The average Bonchev–Trinajstić information content (AvgIpc) is 2.72. The minimum atomic E-state index is -0.403. The van der Waals surface area contributed by atoms with Crippen LogP contribution in [0.5, 0.6) is 0 Å². The smallest absolute Gasteiger partial charge is 0.340 e. The van der Waals surface area contributed by atoms with Gasteiger partial charge in [-0.3, -0.25) is 4.79 Å². The van der Waals surface area contributed by atoms with Crippen LogP contribution in [0.3, 0.4) is 0 Å². The van der Waals surface area contributed by atoms with Gasteiger partial charge in [-0.05, 0) is 62.2 Å². The van der Waals surface area contributed by atoms with Crippen LogP contribution in [0.15, 0.2) is 60.8 Å². The van der Waals surface area contributed by atoms with Crippen LogP contribution in [0.1, 0.15) is 38.8 Å². The predicted molar refractivity (Wildman–Crippen MR) is 114 cm³/mol. The summed E-state index contributed by atoms with van der Waals surface area (Å²) in [4.78, 5) is 28.9. The van der Waals surface area contributed by atoms with Crippen LogP contribution in [0.2, 0.25) is 0 Å². The fraction of sp³-hybridized carbons (Fsp3) is 0.174. The lowest BCUT2D eigenvalue weighted by Crippen LogP contribution is -2.13. The number of carbonyl (C=O) groups excluding carboxylic acids is 2. The first-order chi connectivity index (χ1) is 14.0. The first-order valence-electron chi connectivity index (χ1n) is 9.36. The molecule has 0 atom stereocenters. The number of amides is 1. The maximum absolute atomic E-state index is 12.5. The fourth-order valence-electron chi connectivity index (χ4n) is 2.80. The summed E-state index contributed by atoms with van der Waals surface area (Å²) in [5, 5.41) is 6.01. The molecule has 0 aliphatic heterocycles. The van der Waals surface area contributed by atoms with Crippen LogP contribution < -0.4 is 10.6 Å². The van der Waals surface area contributed by atoms with Crippen molar-refractivity contribution in [3.8, 4) is 0 Å². The Morgan fingerprint density at radius 3 is 2.45 bits per heavy atom. The number of esters is 1. The van der Waals surface area contributed by atoms with Gasteiger partial charge in [-0.1, -0.05) is 24.3 Å². The maximum atomic E-state index is 12.5. The Balaban J connectivity index is 1.73. The lowest BCUT2D eigenvalue weighted by molar-refractivity contribution is 0.0527. The van der Waals surface area contributed by atoms with Crippen molar-refractivity contribution in [2.75, 3.05) is 17.2 Å². The molecule has 0 aliphatic rings. The molecule has 0 bridgehead atoms. The summed E-state index contributed by atoms with van der Waals surface area (Å²) < 4.78 is 5.08. The lowest BCUT2D eigenvalue weighted by atomic mass is 10.1. The van der Waals surface area contributed by atoms with Crippen LogP contribution in [0.25, 0.3) is 0 Å². The van der Waals surface area contributed by atoms with Crippen LogP contribution in [-0.4, -0.2) is 23.5 Å². The van der Waals surface area contributed by atoms with Crippen molar-refractivity contribution in [3.05, 3.63) is 83.0 Å².